The van der Waals surface area contributed by atoms with Gasteiger partial charge in [0.2, 0.25) is 10.0 Å². The van der Waals surface area contributed by atoms with Gasteiger partial charge < -0.3 is 4.90 Å². The Bertz CT molecular complexity index is 896. The van der Waals surface area contributed by atoms with Crippen LogP contribution in [0, 0.1) is 0 Å². The molecule has 0 saturated carbocycles. The second-order valence-electron chi connectivity index (χ2n) is 5.76. The molecule has 0 radical (unpaired) electrons. The van der Waals surface area contributed by atoms with Gasteiger partial charge in [0.1, 0.15) is 0 Å². The van der Waals surface area contributed by atoms with Gasteiger partial charge in [-0.1, -0.05) is 29.8 Å². The van der Waals surface area contributed by atoms with Crippen LogP contribution < -0.4 is 9.62 Å². The monoisotopic (exact) mass is 364 g/mol. The molecule has 0 fully saturated rings. The average molecular weight is 365 g/mol. The standard InChI is InChI=1S/C17H17ClN2O3S/c1-24(22,23)19-15-9-8-13(11-14(15)18)17(21)20-10-4-6-12-5-2-3-7-16(12)20/h2-3,5,7-9,11,19H,4,6,10H2,1H3. The Balaban J connectivity index is 1.90. The summed E-state index contributed by atoms with van der Waals surface area (Å²) in [4.78, 5) is 14.6. The van der Waals surface area contributed by atoms with Crippen LogP contribution in [0.5, 0.6) is 0 Å². The number of hydrogen-bond donors (Lipinski definition) is 1. The Labute approximate surface area is 146 Å². The van der Waals surface area contributed by atoms with Crippen molar-refractivity contribution in [3.8, 4) is 0 Å². The maximum atomic E-state index is 12.8. The van der Waals surface area contributed by atoms with E-state index in [4.69, 9.17) is 11.6 Å². The molecule has 0 unspecified atom stereocenters. The van der Waals surface area contributed by atoms with Crippen molar-refractivity contribution in [2.24, 2.45) is 0 Å². The summed E-state index contributed by atoms with van der Waals surface area (Å²) < 4.78 is 24.9. The van der Waals surface area contributed by atoms with Crippen molar-refractivity contribution in [1.29, 1.82) is 0 Å². The highest BCUT2D eigenvalue weighted by atomic mass is 35.5. The second-order valence-corrected chi connectivity index (χ2v) is 7.91. The van der Waals surface area contributed by atoms with Crippen LogP contribution in [0.4, 0.5) is 11.4 Å². The number of carbonyl (C=O) groups excluding carboxylic acids is 1. The third-order valence-electron chi connectivity index (χ3n) is 3.87. The summed E-state index contributed by atoms with van der Waals surface area (Å²) in [5.74, 6) is -0.144. The third kappa shape index (κ3) is 3.55. The van der Waals surface area contributed by atoms with Crippen molar-refractivity contribution in [2.75, 3.05) is 22.4 Å². The number of fused-ring (bicyclic) bond motifs is 1. The highest BCUT2D eigenvalue weighted by Gasteiger charge is 2.23. The van der Waals surface area contributed by atoms with Gasteiger partial charge in [0.15, 0.2) is 0 Å². The van der Waals surface area contributed by atoms with Crippen molar-refractivity contribution >= 4 is 38.9 Å². The van der Waals surface area contributed by atoms with Crippen LogP contribution in [0.25, 0.3) is 0 Å². The number of carbonyl (C=O) groups is 1. The largest absolute Gasteiger partial charge is 0.308 e. The Kier molecular flexibility index (Phi) is 4.51. The zero-order valence-corrected chi connectivity index (χ0v) is 14.7. The molecule has 1 heterocycles. The summed E-state index contributed by atoms with van der Waals surface area (Å²) in [7, 11) is -3.42. The van der Waals surface area contributed by atoms with Crippen LogP contribution in [-0.2, 0) is 16.4 Å². The van der Waals surface area contributed by atoms with E-state index in [1.807, 2.05) is 24.3 Å². The summed E-state index contributed by atoms with van der Waals surface area (Å²) in [6.45, 7) is 0.650. The number of nitrogens with zero attached hydrogens (tertiary/aromatic N) is 1. The van der Waals surface area contributed by atoms with E-state index in [2.05, 4.69) is 4.72 Å². The van der Waals surface area contributed by atoms with E-state index in [-0.39, 0.29) is 16.6 Å². The van der Waals surface area contributed by atoms with E-state index in [1.165, 1.54) is 12.1 Å². The van der Waals surface area contributed by atoms with E-state index in [0.717, 1.165) is 30.3 Å². The molecule has 0 saturated heterocycles. The number of amides is 1. The minimum absolute atomic E-state index is 0.144. The summed E-state index contributed by atoms with van der Waals surface area (Å²) in [5.41, 5.74) is 2.76. The van der Waals surface area contributed by atoms with Crippen molar-refractivity contribution in [3.63, 3.8) is 0 Å². The Morgan fingerprint density at radius 2 is 1.96 bits per heavy atom. The molecule has 3 rings (SSSR count). The Hall–Kier alpha value is -2.05. The number of benzene rings is 2. The molecule has 0 aliphatic carbocycles. The smallest absolute Gasteiger partial charge is 0.258 e. The van der Waals surface area contributed by atoms with E-state index in [0.29, 0.717) is 12.1 Å². The van der Waals surface area contributed by atoms with Crippen molar-refractivity contribution in [2.45, 2.75) is 12.8 Å². The molecule has 1 aliphatic heterocycles. The molecule has 1 aliphatic rings. The average Bonchev–Trinajstić information content (AvgIpc) is 2.54. The van der Waals surface area contributed by atoms with Crippen LogP contribution in [0.2, 0.25) is 5.02 Å². The maximum Gasteiger partial charge on any atom is 0.258 e. The highest BCUT2D eigenvalue weighted by Crippen LogP contribution is 2.30. The minimum atomic E-state index is -3.42. The van der Waals surface area contributed by atoms with Crippen molar-refractivity contribution in [3.05, 3.63) is 58.6 Å². The van der Waals surface area contributed by atoms with E-state index in [1.54, 1.807) is 11.0 Å². The van der Waals surface area contributed by atoms with Crippen LogP contribution in [0.1, 0.15) is 22.3 Å². The maximum absolute atomic E-state index is 12.8. The van der Waals surface area contributed by atoms with Crippen LogP contribution in [-0.4, -0.2) is 27.1 Å². The number of sulfonamides is 1. The van der Waals surface area contributed by atoms with E-state index < -0.39 is 10.0 Å². The lowest BCUT2D eigenvalue weighted by Crippen LogP contribution is -2.35. The predicted octanol–water partition coefficient (Wildman–Crippen LogP) is 3.30. The SMILES string of the molecule is CS(=O)(=O)Nc1ccc(C(=O)N2CCCc3ccccc32)cc1Cl. The van der Waals surface area contributed by atoms with Gasteiger partial charge in [0.25, 0.3) is 5.91 Å². The molecule has 0 spiro atoms. The summed E-state index contributed by atoms with van der Waals surface area (Å²) in [6.07, 6.45) is 2.91. The lowest BCUT2D eigenvalue weighted by Gasteiger charge is -2.29. The number of anilines is 2. The zero-order valence-electron chi connectivity index (χ0n) is 13.1. The van der Waals surface area contributed by atoms with Gasteiger partial charge >= 0.3 is 0 Å². The van der Waals surface area contributed by atoms with Crippen LogP contribution >= 0.6 is 11.6 Å². The fourth-order valence-electron chi connectivity index (χ4n) is 2.83. The summed E-state index contributed by atoms with van der Waals surface area (Å²) in [5, 5.41) is 0.191. The van der Waals surface area contributed by atoms with Crippen molar-refractivity contribution < 1.29 is 13.2 Å². The third-order valence-corrected chi connectivity index (χ3v) is 4.77. The molecule has 5 nitrogen and oxygen atoms in total. The Morgan fingerprint density at radius 1 is 1.21 bits per heavy atom. The quantitative estimate of drug-likeness (QED) is 0.908. The van der Waals surface area contributed by atoms with Crippen LogP contribution in [0.3, 0.4) is 0 Å². The number of para-hydroxylation sites is 1. The molecule has 1 N–H and O–H groups in total. The molecule has 1 amide bonds. The normalized spacial score (nSPS) is 14.2. The summed E-state index contributed by atoms with van der Waals surface area (Å²) in [6, 6.07) is 12.4. The number of aryl methyl sites for hydroxylation is 1. The lowest BCUT2D eigenvalue weighted by molar-refractivity contribution is 0.0985. The molecule has 0 atom stereocenters. The predicted molar refractivity (Wildman–Crippen MR) is 96.4 cm³/mol. The molecule has 2 aromatic carbocycles. The molecule has 2 aromatic rings. The van der Waals surface area contributed by atoms with Gasteiger partial charge in [-0.25, -0.2) is 8.42 Å². The fraction of sp³-hybridized carbons (Fsp3) is 0.235. The molecule has 24 heavy (non-hydrogen) atoms. The molecule has 0 bridgehead atoms. The fourth-order valence-corrected chi connectivity index (χ4v) is 3.69. The van der Waals surface area contributed by atoms with Crippen LogP contribution in [0.15, 0.2) is 42.5 Å². The first-order valence-electron chi connectivity index (χ1n) is 7.52. The number of hydrogen-bond acceptors (Lipinski definition) is 3. The van der Waals surface area contributed by atoms with E-state index >= 15 is 0 Å². The van der Waals surface area contributed by atoms with Crippen molar-refractivity contribution in [1.82, 2.24) is 0 Å². The van der Waals surface area contributed by atoms with Gasteiger partial charge in [-0.2, -0.15) is 0 Å². The van der Waals surface area contributed by atoms with Gasteiger partial charge in [-0.05, 0) is 42.7 Å². The summed E-state index contributed by atoms with van der Waals surface area (Å²) >= 11 is 6.12. The molecular weight excluding hydrogens is 348 g/mol. The molecule has 7 heteroatoms. The number of rotatable bonds is 3. The van der Waals surface area contributed by atoms with Gasteiger partial charge in [0.05, 0.1) is 17.0 Å². The first-order chi connectivity index (χ1) is 11.3. The van der Waals surface area contributed by atoms with E-state index in [9.17, 15) is 13.2 Å². The highest BCUT2D eigenvalue weighted by molar-refractivity contribution is 7.92. The molecular formula is C17H17ClN2O3S. The minimum Gasteiger partial charge on any atom is -0.308 e. The Morgan fingerprint density at radius 3 is 2.67 bits per heavy atom. The number of nitrogens with one attached hydrogen (secondary N) is 1. The van der Waals surface area contributed by atoms with Gasteiger partial charge in [-0.3, -0.25) is 9.52 Å². The molecule has 126 valence electrons. The second kappa shape index (κ2) is 6.45. The zero-order chi connectivity index (χ0) is 17.3. The van der Waals surface area contributed by atoms with Gasteiger partial charge in [0, 0.05) is 17.8 Å². The first kappa shape index (κ1) is 16.8. The first-order valence-corrected chi connectivity index (χ1v) is 9.79. The lowest BCUT2D eigenvalue weighted by atomic mass is 10.0. The van der Waals surface area contributed by atoms with Gasteiger partial charge in [-0.15, -0.1) is 0 Å². The number of halogens is 1. The molecule has 0 aromatic heterocycles. The topological polar surface area (TPSA) is 66.5 Å².